The molecule has 1 N–H and O–H groups in total. The molecule has 1 aliphatic rings. The van der Waals surface area contributed by atoms with E-state index in [9.17, 15) is 13.0 Å². The third kappa shape index (κ3) is 7.37. The van der Waals surface area contributed by atoms with Gasteiger partial charge in [-0.2, -0.15) is 8.42 Å². The van der Waals surface area contributed by atoms with Crippen LogP contribution < -0.4 is 0 Å². The van der Waals surface area contributed by atoms with Crippen molar-refractivity contribution in [3.05, 3.63) is 206 Å². The molecule has 0 spiro atoms. The second-order valence-corrected chi connectivity index (χ2v) is 14.0. The molecular weight excluding hydrogens is 585 g/mol. The first-order valence-electron chi connectivity index (χ1n) is 15.8. The zero-order chi connectivity index (χ0) is 31.5. The maximum Gasteiger partial charge on any atom is 0.294 e. The molecule has 4 heteroatoms. The highest BCUT2D eigenvalue weighted by Gasteiger charge is 2.17. The third-order valence-corrected chi connectivity index (χ3v) is 9.75. The molecule has 3 nitrogen and oxygen atoms in total. The summed E-state index contributed by atoms with van der Waals surface area (Å²) in [5.74, 6) is 0. The van der Waals surface area contributed by atoms with Crippen molar-refractivity contribution >= 4 is 10.1 Å². The Kier molecular flexibility index (Phi) is 8.40. The molecule has 0 fully saturated rings. The van der Waals surface area contributed by atoms with Crippen molar-refractivity contribution in [1.29, 1.82) is 0 Å². The molecule has 0 heterocycles. The Balaban J connectivity index is 1.29. The summed E-state index contributed by atoms with van der Waals surface area (Å²) in [4.78, 5) is -0.0338. The first-order chi connectivity index (χ1) is 22.3. The van der Waals surface area contributed by atoms with E-state index in [1.165, 1.54) is 38.9 Å². The van der Waals surface area contributed by atoms with Gasteiger partial charge in [0, 0.05) is 0 Å². The summed E-state index contributed by atoms with van der Waals surface area (Å²) in [6, 6.07) is 48.8. The lowest BCUT2D eigenvalue weighted by Gasteiger charge is -2.13. The van der Waals surface area contributed by atoms with Crippen LogP contribution in [0.2, 0.25) is 0 Å². The van der Waals surface area contributed by atoms with Crippen molar-refractivity contribution in [2.45, 2.75) is 43.4 Å². The van der Waals surface area contributed by atoms with E-state index in [-0.39, 0.29) is 4.90 Å². The Morgan fingerprint density at radius 3 is 0.891 bits per heavy atom. The Morgan fingerprint density at radius 1 is 0.348 bits per heavy atom. The van der Waals surface area contributed by atoms with Gasteiger partial charge in [-0.15, -0.1) is 0 Å². The molecule has 0 aliphatic heterocycles. The molecule has 1 aliphatic carbocycles. The lowest BCUT2D eigenvalue weighted by atomic mass is 9.94. The highest BCUT2D eigenvalue weighted by Crippen LogP contribution is 2.25. The van der Waals surface area contributed by atoms with Gasteiger partial charge in [0.15, 0.2) is 0 Å². The Morgan fingerprint density at radius 2 is 0.609 bits per heavy atom. The standard InChI is InChI=1S/C42H36O3S/c43-46(44,45)42-17-16-40-27-38-13-4-12-36(25-38)23-34-9-2-8-32(21-34)19-30-6-1-7-31(18-30)20-33-10-3-11-35(22-33)24-37-14-5-15-39(26-37)28-41(42)29-40/h1-18,21-22,25-26,29H,19-20,23-24,27-28H2,(H,43,44,45). The lowest BCUT2D eigenvalue weighted by molar-refractivity contribution is 0.482. The highest BCUT2D eigenvalue weighted by molar-refractivity contribution is 7.85. The molecule has 0 saturated heterocycles. The van der Waals surface area contributed by atoms with Gasteiger partial charge in [0.1, 0.15) is 0 Å². The summed E-state index contributed by atoms with van der Waals surface area (Å²) in [7, 11) is -4.37. The minimum absolute atomic E-state index is 0.0338. The molecule has 46 heavy (non-hydrogen) atoms. The Hall–Kier alpha value is -4.77. The van der Waals surface area contributed by atoms with Gasteiger partial charge in [-0.25, -0.2) is 0 Å². The van der Waals surface area contributed by atoms with E-state index in [1.54, 1.807) is 6.07 Å². The molecule has 0 radical (unpaired) electrons. The van der Waals surface area contributed by atoms with Gasteiger partial charge < -0.3 is 0 Å². The van der Waals surface area contributed by atoms with E-state index < -0.39 is 10.1 Å². The Labute approximate surface area is 272 Å². The van der Waals surface area contributed by atoms with Gasteiger partial charge in [0.2, 0.25) is 0 Å². The Bertz CT molecular complexity index is 2140. The average molecular weight is 621 g/mol. The zero-order valence-corrected chi connectivity index (χ0v) is 26.5. The fraction of sp³-hybridized carbons (Fsp3) is 0.143. The first kappa shape index (κ1) is 29.9. The third-order valence-electron chi connectivity index (χ3n) is 8.80. The predicted octanol–water partition coefficient (Wildman–Crippen LogP) is 8.79. The number of hydrogen-bond acceptors (Lipinski definition) is 2. The van der Waals surface area contributed by atoms with Crippen LogP contribution in [0.1, 0.15) is 66.8 Å². The van der Waals surface area contributed by atoms with Gasteiger partial charge >= 0.3 is 0 Å². The van der Waals surface area contributed by atoms with E-state index in [0.29, 0.717) is 18.4 Å². The second kappa shape index (κ2) is 12.9. The van der Waals surface area contributed by atoms with Gasteiger partial charge in [-0.1, -0.05) is 133 Å². The first-order valence-corrected chi connectivity index (χ1v) is 17.2. The van der Waals surface area contributed by atoms with Crippen LogP contribution >= 0.6 is 0 Å². The molecular formula is C42H36O3S. The maximum atomic E-state index is 12.4. The smallest absolute Gasteiger partial charge is 0.282 e. The molecule has 0 saturated carbocycles. The summed E-state index contributed by atoms with van der Waals surface area (Å²) in [6.07, 6.45) is 4.44. The fourth-order valence-corrected chi connectivity index (χ4v) is 7.48. The summed E-state index contributed by atoms with van der Waals surface area (Å²) in [5, 5.41) is 0. The van der Waals surface area contributed by atoms with Crippen molar-refractivity contribution in [2.24, 2.45) is 0 Å². The fourth-order valence-electron chi connectivity index (χ4n) is 6.78. The van der Waals surface area contributed by atoms with Crippen molar-refractivity contribution < 1.29 is 13.0 Å². The van der Waals surface area contributed by atoms with Crippen LogP contribution in [0.15, 0.2) is 144 Å². The minimum atomic E-state index is -4.37. The molecule has 228 valence electrons. The molecule has 7 rings (SSSR count). The van der Waals surface area contributed by atoms with Crippen LogP contribution in [0.3, 0.4) is 0 Å². The number of hydrogen-bond donors (Lipinski definition) is 1. The summed E-state index contributed by atoms with van der Waals surface area (Å²) in [5.41, 5.74) is 13.9. The maximum absolute atomic E-state index is 12.4. The molecule has 6 aromatic rings. The molecule has 0 atom stereocenters. The van der Waals surface area contributed by atoms with E-state index >= 15 is 0 Å². The van der Waals surface area contributed by atoms with Gasteiger partial charge in [-0.3, -0.25) is 4.55 Å². The number of fused-ring (bicyclic) bond motifs is 12. The van der Waals surface area contributed by atoms with Crippen LogP contribution in [0.25, 0.3) is 0 Å². The molecule has 6 aromatic carbocycles. The van der Waals surface area contributed by atoms with Crippen LogP contribution in [0.4, 0.5) is 0 Å². The molecule has 0 unspecified atom stereocenters. The van der Waals surface area contributed by atoms with E-state index in [4.69, 9.17) is 0 Å². The number of rotatable bonds is 1. The van der Waals surface area contributed by atoms with E-state index in [0.717, 1.165) is 47.9 Å². The topological polar surface area (TPSA) is 54.4 Å². The molecule has 0 aromatic heterocycles. The molecule has 12 bridgehead atoms. The monoisotopic (exact) mass is 620 g/mol. The lowest BCUT2D eigenvalue weighted by Crippen LogP contribution is -2.05. The highest BCUT2D eigenvalue weighted by atomic mass is 32.2. The van der Waals surface area contributed by atoms with Crippen molar-refractivity contribution in [2.75, 3.05) is 0 Å². The van der Waals surface area contributed by atoms with Gasteiger partial charge in [0.25, 0.3) is 10.1 Å². The largest absolute Gasteiger partial charge is 0.294 e. The van der Waals surface area contributed by atoms with Crippen molar-refractivity contribution in [1.82, 2.24) is 0 Å². The molecule has 0 amide bonds. The minimum Gasteiger partial charge on any atom is -0.282 e. The summed E-state index contributed by atoms with van der Waals surface area (Å²) in [6.45, 7) is 0. The van der Waals surface area contributed by atoms with E-state index in [1.807, 2.05) is 24.3 Å². The van der Waals surface area contributed by atoms with Crippen LogP contribution in [0, 0.1) is 0 Å². The zero-order valence-electron chi connectivity index (χ0n) is 25.7. The normalized spacial score (nSPS) is 13.4. The SMILES string of the molecule is O=S(=O)(O)c1ccc2cc1Cc1cccc(c1)Cc1cccc(c1)Cc1cccc(c1)Cc1cccc(c1)Cc1cccc(c1)C2. The van der Waals surface area contributed by atoms with Crippen LogP contribution in [-0.2, 0) is 48.6 Å². The van der Waals surface area contributed by atoms with Crippen LogP contribution in [0.5, 0.6) is 0 Å². The summed E-state index contributed by atoms with van der Waals surface area (Å²) >= 11 is 0. The number of benzene rings is 6. The summed E-state index contributed by atoms with van der Waals surface area (Å²) < 4.78 is 34.9. The van der Waals surface area contributed by atoms with Crippen LogP contribution in [-0.4, -0.2) is 13.0 Å². The van der Waals surface area contributed by atoms with Crippen molar-refractivity contribution in [3.8, 4) is 0 Å². The second-order valence-electron chi connectivity index (χ2n) is 12.6. The van der Waals surface area contributed by atoms with Gasteiger partial charge in [-0.05, 0) is 111 Å². The van der Waals surface area contributed by atoms with Crippen molar-refractivity contribution in [3.63, 3.8) is 0 Å². The average Bonchev–Trinajstić information content (AvgIpc) is 3.01. The van der Waals surface area contributed by atoms with E-state index in [2.05, 4.69) is 109 Å². The van der Waals surface area contributed by atoms with Gasteiger partial charge in [0.05, 0.1) is 4.90 Å². The predicted molar refractivity (Wildman–Crippen MR) is 185 cm³/mol. The quantitative estimate of drug-likeness (QED) is 0.187.